The lowest BCUT2D eigenvalue weighted by Gasteiger charge is -2.32. The summed E-state index contributed by atoms with van der Waals surface area (Å²) in [5.74, 6) is 1.98. The number of thiazole rings is 1. The smallest absolute Gasteiger partial charge is 0.357 e. The molecule has 2 atom stereocenters. The van der Waals surface area contributed by atoms with E-state index in [-0.39, 0.29) is 30.5 Å². The van der Waals surface area contributed by atoms with E-state index in [0.29, 0.717) is 35.4 Å². The number of alkyl halides is 3. The summed E-state index contributed by atoms with van der Waals surface area (Å²) in [4.78, 5) is 8.01. The van der Waals surface area contributed by atoms with Gasteiger partial charge in [0.15, 0.2) is 11.7 Å². The first-order chi connectivity index (χ1) is 11.3. The van der Waals surface area contributed by atoms with Gasteiger partial charge in [0.05, 0.1) is 6.54 Å². The number of guanidine groups is 1. The molecule has 0 bridgehead atoms. The number of nitrogens with one attached hydrogen (secondary N) is 2. The van der Waals surface area contributed by atoms with Gasteiger partial charge in [-0.15, -0.1) is 35.3 Å². The van der Waals surface area contributed by atoms with Crippen molar-refractivity contribution in [2.45, 2.75) is 58.8 Å². The molecule has 1 aliphatic rings. The second-order valence-electron chi connectivity index (χ2n) is 6.58. The van der Waals surface area contributed by atoms with Gasteiger partial charge in [0.2, 0.25) is 0 Å². The Morgan fingerprint density at radius 3 is 2.44 bits per heavy atom. The molecular formula is C16H26F3IN4S. The zero-order valence-electron chi connectivity index (χ0n) is 14.7. The third kappa shape index (κ3) is 7.28. The highest BCUT2D eigenvalue weighted by Crippen LogP contribution is 2.30. The maximum absolute atomic E-state index is 12.6. The average Bonchev–Trinajstić information content (AvgIpc) is 2.93. The van der Waals surface area contributed by atoms with Crippen LogP contribution in [0.4, 0.5) is 13.2 Å². The highest BCUT2D eigenvalue weighted by atomic mass is 127. The molecule has 2 N–H and O–H groups in total. The summed E-state index contributed by atoms with van der Waals surface area (Å²) in [6.45, 7) is 7.32. The number of hydrogen-bond donors (Lipinski definition) is 2. The van der Waals surface area contributed by atoms with Crippen molar-refractivity contribution in [3.8, 4) is 0 Å². The molecule has 1 saturated carbocycles. The molecule has 1 aliphatic carbocycles. The maximum atomic E-state index is 12.6. The van der Waals surface area contributed by atoms with Crippen LogP contribution in [0.3, 0.4) is 0 Å². The molecule has 144 valence electrons. The Bertz CT molecular complexity index is 552. The minimum absolute atomic E-state index is 0. The highest BCUT2D eigenvalue weighted by molar-refractivity contribution is 14.0. The number of halogens is 4. The molecule has 0 spiro atoms. The molecule has 25 heavy (non-hydrogen) atoms. The van der Waals surface area contributed by atoms with E-state index in [4.69, 9.17) is 0 Å². The van der Waals surface area contributed by atoms with Gasteiger partial charge in [0, 0.05) is 18.0 Å². The van der Waals surface area contributed by atoms with E-state index in [0.717, 1.165) is 29.6 Å². The van der Waals surface area contributed by atoms with Gasteiger partial charge < -0.3 is 10.6 Å². The first kappa shape index (κ1) is 22.5. The van der Waals surface area contributed by atoms with Crippen molar-refractivity contribution < 1.29 is 13.2 Å². The Balaban J connectivity index is 0.00000312. The predicted octanol–water partition coefficient (Wildman–Crippen LogP) is 4.66. The largest absolute Gasteiger partial charge is 0.434 e. The molecule has 1 aromatic rings. The van der Waals surface area contributed by atoms with Gasteiger partial charge >= 0.3 is 6.18 Å². The first-order valence-electron chi connectivity index (χ1n) is 8.34. The van der Waals surface area contributed by atoms with Crippen molar-refractivity contribution in [1.29, 1.82) is 0 Å². The Kier molecular flexibility index (Phi) is 8.93. The average molecular weight is 490 g/mol. The van der Waals surface area contributed by atoms with Crippen LogP contribution in [0.25, 0.3) is 0 Å². The topological polar surface area (TPSA) is 49.3 Å². The van der Waals surface area contributed by atoms with Crippen LogP contribution in [0, 0.1) is 11.8 Å². The number of aliphatic imine (C=N–C) groups is 1. The quantitative estimate of drug-likeness (QED) is 0.367. The number of hydrogen-bond acceptors (Lipinski definition) is 3. The van der Waals surface area contributed by atoms with E-state index < -0.39 is 11.9 Å². The molecule has 0 aromatic carbocycles. The fourth-order valence-corrected chi connectivity index (χ4v) is 3.96. The summed E-state index contributed by atoms with van der Waals surface area (Å²) in [7, 11) is 0. The van der Waals surface area contributed by atoms with Gasteiger partial charge in [-0.05, 0) is 38.0 Å². The Hall–Kier alpha value is -0.580. The standard InChI is InChI=1S/C16H25F3N4S.HI/c1-4-20-15(22-12-6-10(2)5-11(3)7-12)21-8-14-23-13(9-24-14)16(17,18)19;/h9-12H,4-8H2,1-3H3,(H2,20,21,22);1H. The van der Waals surface area contributed by atoms with Crippen LogP contribution in [0.15, 0.2) is 10.4 Å². The molecule has 1 heterocycles. The zero-order valence-corrected chi connectivity index (χ0v) is 17.8. The molecule has 2 unspecified atom stereocenters. The van der Waals surface area contributed by atoms with Gasteiger partial charge in [-0.3, -0.25) is 0 Å². The molecule has 0 radical (unpaired) electrons. The minimum atomic E-state index is -4.39. The summed E-state index contributed by atoms with van der Waals surface area (Å²) >= 11 is 0.990. The molecule has 9 heteroatoms. The van der Waals surface area contributed by atoms with Crippen molar-refractivity contribution in [2.75, 3.05) is 6.54 Å². The van der Waals surface area contributed by atoms with Crippen LogP contribution in [0.2, 0.25) is 0 Å². The maximum Gasteiger partial charge on any atom is 0.434 e. The molecule has 0 saturated heterocycles. The van der Waals surface area contributed by atoms with E-state index in [1.54, 1.807) is 0 Å². The van der Waals surface area contributed by atoms with Crippen molar-refractivity contribution in [1.82, 2.24) is 15.6 Å². The van der Waals surface area contributed by atoms with E-state index in [1.807, 2.05) is 6.92 Å². The molecule has 0 amide bonds. The third-order valence-corrected chi connectivity index (χ3v) is 4.91. The van der Waals surface area contributed by atoms with Crippen LogP contribution < -0.4 is 10.6 Å². The fraction of sp³-hybridized carbons (Fsp3) is 0.750. The summed E-state index contributed by atoms with van der Waals surface area (Å²) < 4.78 is 37.8. The SMILES string of the molecule is CCNC(=NCc1nc(C(F)(F)F)cs1)NC1CC(C)CC(C)C1.I. The predicted molar refractivity (Wildman–Crippen MR) is 106 cm³/mol. The lowest BCUT2D eigenvalue weighted by molar-refractivity contribution is -0.140. The number of aromatic nitrogens is 1. The van der Waals surface area contributed by atoms with Crippen molar-refractivity contribution in [2.24, 2.45) is 16.8 Å². The summed E-state index contributed by atoms with van der Waals surface area (Å²) in [6, 6.07) is 0.351. The lowest BCUT2D eigenvalue weighted by Crippen LogP contribution is -2.46. The van der Waals surface area contributed by atoms with Crippen LogP contribution in [-0.4, -0.2) is 23.5 Å². The van der Waals surface area contributed by atoms with Crippen LogP contribution in [-0.2, 0) is 12.7 Å². The minimum Gasteiger partial charge on any atom is -0.357 e. The van der Waals surface area contributed by atoms with Gasteiger partial charge in [0.25, 0.3) is 0 Å². The summed E-state index contributed by atoms with van der Waals surface area (Å²) in [6.07, 6.45) is -0.977. The van der Waals surface area contributed by atoms with E-state index in [2.05, 4.69) is 34.5 Å². The Morgan fingerprint density at radius 1 is 1.28 bits per heavy atom. The van der Waals surface area contributed by atoms with Crippen LogP contribution in [0.5, 0.6) is 0 Å². The Labute approximate surface area is 168 Å². The van der Waals surface area contributed by atoms with E-state index >= 15 is 0 Å². The monoisotopic (exact) mass is 490 g/mol. The molecule has 1 fully saturated rings. The van der Waals surface area contributed by atoms with Gasteiger partial charge in [-0.1, -0.05) is 13.8 Å². The second-order valence-corrected chi connectivity index (χ2v) is 7.52. The molecule has 2 rings (SSSR count). The second kappa shape index (κ2) is 9.94. The first-order valence-corrected chi connectivity index (χ1v) is 9.22. The molecule has 0 aliphatic heterocycles. The number of rotatable bonds is 4. The molecule has 4 nitrogen and oxygen atoms in total. The van der Waals surface area contributed by atoms with Crippen molar-refractivity contribution in [3.05, 3.63) is 16.1 Å². The fourth-order valence-electron chi connectivity index (χ4n) is 3.24. The van der Waals surface area contributed by atoms with E-state index in [9.17, 15) is 13.2 Å². The van der Waals surface area contributed by atoms with Crippen molar-refractivity contribution in [3.63, 3.8) is 0 Å². The van der Waals surface area contributed by atoms with Gasteiger partial charge in [-0.25, -0.2) is 9.98 Å². The van der Waals surface area contributed by atoms with Crippen LogP contribution in [0.1, 0.15) is 50.7 Å². The summed E-state index contributed by atoms with van der Waals surface area (Å²) in [5.41, 5.74) is -0.842. The van der Waals surface area contributed by atoms with Gasteiger partial charge in [0.1, 0.15) is 5.01 Å². The van der Waals surface area contributed by atoms with Crippen molar-refractivity contribution >= 4 is 41.3 Å². The highest BCUT2D eigenvalue weighted by Gasteiger charge is 2.33. The van der Waals surface area contributed by atoms with Gasteiger partial charge in [-0.2, -0.15) is 13.2 Å². The van der Waals surface area contributed by atoms with Crippen LogP contribution >= 0.6 is 35.3 Å². The summed E-state index contributed by atoms with van der Waals surface area (Å²) in [5, 5.41) is 7.98. The normalized spacial score (nSPS) is 24.6. The zero-order chi connectivity index (χ0) is 17.7. The Morgan fingerprint density at radius 2 is 1.92 bits per heavy atom. The molecular weight excluding hydrogens is 464 g/mol. The molecule has 1 aromatic heterocycles. The van der Waals surface area contributed by atoms with E-state index in [1.165, 1.54) is 6.42 Å². The third-order valence-electron chi connectivity index (χ3n) is 4.08. The number of nitrogens with zero attached hydrogens (tertiary/aromatic N) is 2. The lowest BCUT2D eigenvalue weighted by atomic mass is 9.80.